The number of hydrogen-bond acceptors (Lipinski definition) is 2. The maximum absolute atomic E-state index is 12.0. The molecule has 1 aromatic carbocycles. The van der Waals surface area contributed by atoms with Gasteiger partial charge < -0.3 is 10.4 Å². The van der Waals surface area contributed by atoms with Crippen molar-refractivity contribution >= 4 is 17.5 Å². The number of aliphatic hydroxyl groups excluding tert-OH is 1. The number of carbonyl (C=O) groups is 1. The molecule has 0 aliphatic carbocycles. The Labute approximate surface area is 120 Å². The van der Waals surface area contributed by atoms with E-state index in [9.17, 15) is 9.90 Å². The van der Waals surface area contributed by atoms with Crippen LogP contribution < -0.4 is 5.32 Å². The quantitative estimate of drug-likeness (QED) is 0.841. The molecule has 0 fully saturated rings. The summed E-state index contributed by atoms with van der Waals surface area (Å²) >= 11 is 5.81. The molecule has 19 heavy (non-hydrogen) atoms. The number of aliphatic hydroxyl groups is 1. The maximum atomic E-state index is 12.0. The van der Waals surface area contributed by atoms with Crippen LogP contribution in [0.25, 0.3) is 0 Å². The summed E-state index contributed by atoms with van der Waals surface area (Å²) in [6, 6.07) is 6.68. The summed E-state index contributed by atoms with van der Waals surface area (Å²) in [7, 11) is 0. The molecule has 0 aliphatic heterocycles. The van der Waals surface area contributed by atoms with Crippen molar-refractivity contribution in [3.63, 3.8) is 0 Å². The van der Waals surface area contributed by atoms with Crippen molar-refractivity contribution in [3.8, 4) is 0 Å². The first kappa shape index (κ1) is 16.0. The predicted molar refractivity (Wildman–Crippen MR) is 78.1 cm³/mol. The topological polar surface area (TPSA) is 49.3 Å². The third-order valence-corrected chi connectivity index (χ3v) is 3.66. The number of nitrogens with one attached hydrogen (secondary N) is 1. The van der Waals surface area contributed by atoms with Gasteiger partial charge in [-0.3, -0.25) is 4.79 Å². The highest BCUT2D eigenvalue weighted by Crippen LogP contribution is 2.20. The molecule has 4 heteroatoms. The Bertz CT molecular complexity index is 401. The van der Waals surface area contributed by atoms with Crippen LogP contribution in [0.5, 0.6) is 0 Å². The molecule has 2 N–H and O–H groups in total. The zero-order chi connectivity index (χ0) is 14.4. The minimum absolute atomic E-state index is 0.00511. The standard InChI is InChI=1S/C15H22ClNO2/c1-4-11(5-2)15(19)17-10(3)14(18)12-6-8-13(16)9-7-12/h6-11,14,18H,4-5H2,1-3H3,(H,17,19). The van der Waals surface area contributed by atoms with Gasteiger partial charge in [-0.15, -0.1) is 0 Å². The second-order valence-corrected chi connectivity index (χ2v) is 5.24. The first-order chi connectivity index (χ1) is 8.99. The fraction of sp³-hybridized carbons (Fsp3) is 0.533. The van der Waals surface area contributed by atoms with Crippen molar-refractivity contribution in [2.75, 3.05) is 0 Å². The molecule has 2 unspecified atom stereocenters. The number of amides is 1. The van der Waals surface area contributed by atoms with Gasteiger partial charge in [0.05, 0.1) is 12.1 Å². The Kier molecular flexibility index (Phi) is 6.32. The molecule has 0 saturated heterocycles. The lowest BCUT2D eigenvalue weighted by molar-refractivity contribution is -0.126. The summed E-state index contributed by atoms with van der Waals surface area (Å²) in [5.41, 5.74) is 0.752. The van der Waals surface area contributed by atoms with Crippen molar-refractivity contribution in [2.24, 2.45) is 5.92 Å². The Morgan fingerprint density at radius 1 is 1.26 bits per heavy atom. The van der Waals surface area contributed by atoms with Gasteiger partial charge in [0.2, 0.25) is 5.91 Å². The minimum Gasteiger partial charge on any atom is -0.386 e. The van der Waals surface area contributed by atoms with Gasteiger partial charge in [-0.1, -0.05) is 37.6 Å². The fourth-order valence-electron chi connectivity index (χ4n) is 2.03. The van der Waals surface area contributed by atoms with Crippen LogP contribution in [0.1, 0.15) is 45.3 Å². The molecule has 3 nitrogen and oxygen atoms in total. The smallest absolute Gasteiger partial charge is 0.223 e. The number of rotatable bonds is 6. The lowest BCUT2D eigenvalue weighted by atomic mass is 10.00. The molecule has 1 rings (SSSR count). The second-order valence-electron chi connectivity index (χ2n) is 4.81. The summed E-state index contributed by atoms with van der Waals surface area (Å²) in [4.78, 5) is 12.0. The molecule has 106 valence electrons. The highest BCUT2D eigenvalue weighted by atomic mass is 35.5. The molecular formula is C15H22ClNO2. The van der Waals surface area contributed by atoms with Crippen LogP contribution in [-0.2, 0) is 4.79 Å². The van der Waals surface area contributed by atoms with Crippen molar-refractivity contribution < 1.29 is 9.90 Å². The molecule has 0 radical (unpaired) electrons. The van der Waals surface area contributed by atoms with Crippen LogP contribution in [-0.4, -0.2) is 17.1 Å². The SMILES string of the molecule is CCC(CC)C(=O)NC(C)C(O)c1ccc(Cl)cc1. The van der Waals surface area contributed by atoms with E-state index in [0.29, 0.717) is 5.02 Å². The average molecular weight is 284 g/mol. The Morgan fingerprint density at radius 2 is 1.79 bits per heavy atom. The normalized spacial score (nSPS) is 14.2. The number of halogens is 1. The van der Waals surface area contributed by atoms with Crippen molar-refractivity contribution in [3.05, 3.63) is 34.9 Å². The van der Waals surface area contributed by atoms with E-state index in [-0.39, 0.29) is 17.9 Å². The van der Waals surface area contributed by atoms with E-state index in [0.717, 1.165) is 18.4 Å². The third kappa shape index (κ3) is 4.51. The predicted octanol–water partition coefficient (Wildman–Crippen LogP) is 3.31. The van der Waals surface area contributed by atoms with E-state index >= 15 is 0 Å². The first-order valence-corrected chi connectivity index (χ1v) is 7.11. The first-order valence-electron chi connectivity index (χ1n) is 6.73. The zero-order valence-electron chi connectivity index (χ0n) is 11.7. The highest BCUT2D eigenvalue weighted by Gasteiger charge is 2.21. The van der Waals surface area contributed by atoms with Gasteiger partial charge in [0.15, 0.2) is 0 Å². The van der Waals surface area contributed by atoms with E-state index in [2.05, 4.69) is 5.32 Å². The largest absolute Gasteiger partial charge is 0.386 e. The van der Waals surface area contributed by atoms with Crippen molar-refractivity contribution in [1.29, 1.82) is 0 Å². The van der Waals surface area contributed by atoms with E-state index in [1.54, 1.807) is 31.2 Å². The number of hydrogen-bond donors (Lipinski definition) is 2. The van der Waals surface area contributed by atoms with Gasteiger partial charge in [-0.2, -0.15) is 0 Å². The van der Waals surface area contributed by atoms with Gasteiger partial charge in [0.25, 0.3) is 0 Å². The van der Waals surface area contributed by atoms with Crippen LogP contribution in [0.3, 0.4) is 0 Å². The third-order valence-electron chi connectivity index (χ3n) is 3.41. The molecule has 0 aromatic heterocycles. The molecular weight excluding hydrogens is 262 g/mol. The summed E-state index contributed by atoms with van der Waals surface area (Å²) in [6.07, 6.45) is 0.897. The number of benzene rings is 1. The van der Waals surface area contributed by atoms with Crippen molar-refractivity contribution in [2.45, 2.75) is 45.8 Å². The second kappa shape index (κ2) is 7.51. The Balaban J connectivity index is 2.64. The minimum atomic E-state index is -0.726. The van der Waals surface area contributed by atoms with Crippen LogP contribution in [0.4, 0.5) is 0 Å². The van der Waals surface area contributed by atoms with Crippen LogP contribution in [0, 0.1) is 5.92 Å². The van der Waals surface area contributed by atoms with E-state index in [4.69, 9.17) is 11.6 Å². The monoisotopic (exact) mass is 283 g/mol. The zero-order valence-corrected chi connectivity index (χ0v) is 12.4. The van der Waals surface area contributed by atoms with Crippen LogP contribution in [0.2, 0.25) is 5.02 Å². The average Bonchev–Trinajstić information content (AvgIpc) is 2.40. The summed E-state index contributed by atoms with van der Waals surface area (Å²) in [5, 5.41) is 13.7. The summed E-state index contributed by atoms with van der Waals surface area (Å²) in [5.74, 6) is 0.0189. The Hall–Kier alpha value is -1.06. The van der Waals surface area contributed by atoms with Crippen molar-refractivity contribution in [1.82, 2.24) is 5.32 Å². The lowest BCUT2D eigenvalue weighted by Crippen LogP contribution is -2.40. The maximum Gasteiger partial charge on any atom is 0.223 e. The van der Waals surface area contributed by atoms with Gasteiger partial charge in [0.1, 0.15) is 0 Å². The van der Waals surface area contributed by atoms with Gasteiger partial charge in [-0.05, 0) is 37.5 Å². The molecule has 2 atom stereocenters. The van der Waals surface area contributed by atoms with Crippen LogP contribution in [0.15, 0.2) is 24.3 Å². The van der Waals surface area contributed by atoms with Crippen LogP contribution >= 0.6 is 11.6 Å². The van der Waals surface area contributed by atoms with Gasteiger partial charge in [0, 0.05) is 10.9 Å². The van der Waals surface area contributed by atoms with E-state index < -0.39 is 6.10 Å². The molecule has 0 heterocycles. The number of carbonyl (C=O) groups excluding carboxylic acids is 1. The lowest BCUT2D eigenvalue weighted by Gasteiger charge is -2.23. The van der Waals surface area contributed by atoms with Gasteiger partial charge >= 0.3 is 0 Å². The Morgan fingerprint density at radius 3 is 2.26 bits per heavy atom. The fourth-order valence-corrected chi connectivity index (χ4v) is 2.16. The molecule has 1 amide bonds. The molecule has 0 spiro atoms. The van der Waals surface area contributed by atoms with E-state index in [1.807, 2.05) is 13.8 Å². The van der Waals surface area contributed by atoms with E-state index in [1.165, 1.54) is 0 Å². The molecule has 1 aromatic rings. The molecule has 0 aliphatic rings. The highest BCUT2D eigenvalue weighted by molar-refractivity contribution is 6.30. The molecule has 0 saturated carbocycles. The van der Waals surface area contributed by atoms with Gasteiger partial charge in [-0.25, -0.2) is 0 Å². The summed E-state index contributed by atoms with van der Waals surface area (Å²) in [6.45, 7) is 5.79. The summed E-state index contributed by atoms with van der Waals surface area (Å²) < 4.78 is 0. The molecule has 0 bridgehead atoms.